The largest absolute Gasteiger partial charge is 0.481 e. The Morgan fingerprint density at radius 3 is 2.46 bits per heavy atom. The van der Waals surface area contributed by atoms with Crippen molar-refractivity contribution in [2.24, 2.45) is 17.3 Å². The van der Waals surface area contributed by atoms with Gasteiger partial charge < -0.3 is 14.7 Å². The molecule has 2 fully saturated rings. The van der Waals surface area contributed by atoms with E-state index in [0.29, 0.717) is 47.1 Å². The van der Waals surface area contributed by atoms with E-state index in [2.05, 4.69) is 35.6 Å². The maximum atomic E-state index is 14.3. The average molecular weight is 647 g/mol. The molecule has 46 heavy (non-hydrogen) atoms. The lowest BCUT2D eigenvalue weighted by atomic mass is 9.92. The first-order valence-electron chi connectivity index (χ1n) is 16.2. The van der Waals surface area contributed by atoms with E-state index in [1.165, 1.54) is 0 Å². The number of pyridine rings is 2. The Balaban J connectivity index is 1.30. The predicted molar refractivity (Wildman–Crippen MR) is 181 cm³/mol. The summed E-state index contributed by atoms with van der Waals surface area (Å²) in [6, 6.07) is 15.0. The Hall–Kier alpha value is -3.79. The molecule has 2 unspecified atom stereocenters. The minimum Gasteiger partial charge on any atom is -0.481 e. The van der Waals surface area contributed by atoms with E-state index in [4.69, 9.17) is 4.74 Å². The molecule has 2 aromatic heterocycles. The van der Waals surface area contributed by atoms with Gasteiger partial charge in [-0.1, -0.05) is 26.8 Å². The molecule has 1 aromatic carbocycles. The fourth-order valence-corrected chi connectivity index (χ4v) is 6.75. The number of aliphatic carboxylic acids is 1. The zero-order valence-electron chi connectivity index (χ0n) is 27.6. The monoisotopic (exact) mass is 646 g/mol. The van der Waals surface area contributed by atoms with Crippen LogP contribution >= 0.6 is 0 Å². The Bertz CT molecular complexity index is 1580. The molecule has 1 amide bonds. The molecule has 1 saturated carbocycles. The van der Waals surface area contributed by atoms with Crippen LogP contribution in [0.25, 0.3) is 0 Å². The highest BCUT2D eigenvalue weighted by Gasteiger charge is 2.34. The number of ether oxygens (including phenoxy) is 1. The molecule has 3 aromatic rings. The third-order valence-electron chi connectivity index (χ3n) is 8.75. The van der Waals surface area contributed by atoms with Crippen molar-refractivity contribution in [3.05, 3.63) is 71.5 Å². The molecule has 0 spiro atoms. The molecule has 0 bridgehead atoms. The molecular formula is C36H46N4O5S. The number of amides is 1. The highest BCUT2D eigenvalue weighted by molar-refractivity contribution is 7.84. The lowest BCUT2D eigenvalue weighted by Gasteiger charge is -2.36. The van der Waals surface area contributed by atoms with Crippen molar-refractivity contribution in [2.45, 2.75) is 70.6 Å². The zero-order chi connectivity index (χ0) is 33.0. The molecule has 10 heteroatoms. The summed E-state index contributed by atoms with van der Waals surface area (Å²) in [7, 11) is -1.19. The number of aryl methyl sites for hydroxylation is 1. The van der Waals surface area contributed by atoms with Crippen molar-refractivity contribution in [3.63, 3.8) is 0 Å². The van der Waals surface area contributed by atoms with Gasteiger partial charge in [0.15, 0.2) is 0 Å². The summed E-state index contributed by atoms with van der Waals surface area (Å²) >= 11 is 0. The number of carbonyl (C=O) groups is 2. The normalized spacial score (nSPS) is 16.9. The number of hydrogen-bond donors (Lipinski definition) is 1. The molecule has 0 radical (unpaired) electrons. The van der Waals surface area contributed by atoms with Gasteiger partial charge in [0.25, 0.3) is 5.91 Å². The Morgan fingerprint density at radius 2 is 1.83 bits per heavy atom. The number of carboxylic acids is 1. The molecule has 5 rings (SSSR count). The van der Waals surface area contributed by atoms with Gasteiger partial charge >= 0.3 is 5.97 Å². The highest BCUT2D eigenvalue weighted by Crippen LogP contribution is 2.45. The van der Waals surface area contributed by atoms with E-state index < -0.39 is 16.8 Å². The summed E-state index contributed by atoms with van der Waals surface area (Å²) in [6.45, 7) is 10.7. The molecule has 3 heterocycles. The number of benzene rings is 1. The zero-order valence-corrected chi connectivity index (χ0v) is 28.4. The van der Waals surface area contributed by atoms with Crippen LogP contribution in [0, 0.1) is 24.2 Å². The number of aromatic nitrogens is 2. The number of nitrogens with zero attached hydrogens (tertiary/aromatic N) is 4. The highest BCUT2D eigenvalue weighted by atomic mass is 32.2. The average Bonchev–Trinajstić information content (AvgIpc) is 3.86. The Labute approximate surface area is 274 Å². The first-order valence-corrected chi connectivity index (χ1v) is 17.7. The molecule has 1 saturated heterocycles. The first kappa shape index (κ1) is 33.6. The summed E-state index contributed by atoms with van der Waals surface area (Å²) in [5.41, 5.74) is 3.03. The van der Waals surface area contributed by atoms with Crippen LogP contribution in [0.5, 0.6) is 5.88 Å². The molecule has 1 aliphatic carbocycles. The van der Waals surface area contributed by atoms with Crippen LogP contribution in [-0.4, -0.2) is 63.7 Å². The van der Waals surface area contributed by atoms with Crippen LogP contribution in [0.2, 0.25) is 0 Å². The van der Waals surface area contributed by atoms with Crippen molar-refractivity contribution in [1.29, 1.82) is 0 Å². The van der Waals surface area contributed by atoms with E-state index in [-0.39, 0.29) is 23.7 Å². The number of piperidine rings is 1. The van der Waals surface area contributed by atoms with Crippen LogP contribution in [0.15, 0.2) is 59.6 Å². The van der Waals surface area contributed by atoms with Crippen molar-refractivity contribution >= 4 is 34.2 Å². The van der Waals surface area contributed by atoms with Crippen LogP contribution in [0.1, 0.15) is 80.4 Å². The van der Waals surface area contributed by atoms with Gasteiger partial charge in [-0.15, -0.1) is 0 Å². The summed E-state index contributed by atoms with van der Waals surface area (Å²) in [5, 5.41) is 9.40. The van der Waals surface area contributed by atoms with Gasteiger partial charge in [0.1, 0.15) is 5.82 Å². The lowest BCUT2D eigenvalue weighted by Crippen LogP contribution is -2.41. The molecule has 2 atom stereocenters. The Kier molecular flexibility index (Phi) is 10.5. The van der Waals surface area contributed by atoms with Gasteiger partial charge in [-0.05, 0) is 97.7 Å². The van der Waals surface area contributed by atoms with Gasteiger partial charge in [0, 0.05) is 59.5 Å². The third kappa shape index (κ3) is 8.72. The van der Waals surface area contributed by atoms with E-state index in [1.807, 2.05) is 49.4 Å². The molecule has 2 aliphatic rings. The van der Waals surface area contributed by atoms with Gasteiger partial charge in [-0.3, -0.25) is 18.7 Å². The standard InChI is InChI=1S/C36H46N4O5S/c1-24-7-6-8-32(38-24)40(23-36(2,3)4)35(43)29-12-11-28(46(5)44)20-31(29)39-17-14-25(15-18-39)22-45-33-19-27(13-16-37-33)30(21-34(41)42)26-9-10-26/h6-8,11-13,16,19-20,25-26,30H,9-10,14-15,17-18,21-23H2,1-5H3,(H,41,42). The van der Waals surface area contributed by atoms with Crippen molar-refractivity contribution in [1.82, 2.24) is 9.97 Å². The van der Waals surface area contributed by atoms with E-state index in [9.17, 15) is 18.9 Å². The summed E-state index contributed by atoms with van der Waals surface area (Å²) in [4.78, 5) is 39.5. The van der Waals surface area contributed by atoms with E-state index in [0.717, 1.165) is 55.7 Å². The summed E-state index contributed by atoms with van der Waals surface area (Å²) < 4.78 is 18.7. The van der Waals surface area contributed by atoms with Crippen LogP contribution in [0.3, 0.4) is 0 Å². The van der Waals surface area contributed by atoms with Gasteiger partial charge in [-0.25, -0.2) is 9.97 Å². The van der Waals surface area contributed by atoms with Crippen LogP contribution in [0.4, 0.5) is 11.5 Å². The minimum atomic E-state index is -1.19. The molecule has 1 N–H and O–H groups in total. The molecular weight excluding hydrogens is 600 g/mol. The molecule has 9 nitrogen and oxygen atoms in total. The number of anilines is 2. The second kappa shape index (κ2) is 14.3. The predicted octanol–water partition coefficient (Wildman–Crippen LogP) is 6.48. The van der Waals surface area contributed by atoms with Gasteiger partial charge in [-0.2, -0.15) is 0 Å². The second-order valence-corrected chi connectivity index (χ2v) is 15.3. The van der Waals surface area contributed by atoms with Crippen molar-refractivity contribution in [2.75, 3.05) is 42.3 Å². The van der Waals surface area contributed by atoms with Gasteiger partial charge in [0.05, 0.1) is 24.3 Å². The maximum Gasteiger partial charge on any atom is 0.303 e. The van der Waals surface area contributed by atoms with E-state index in [1.54, 1.807) is 23.4 Å². The molecule has 1 aliphatic heterocycles. The Morgan fingerprint density at radius 1 is 1.09 bits per heavy atom. The topological polar surface area (TPSA) is 113 Å². The lowest BCUT2D eigenvalue weighted by molar-refractivity contribution is -0.137. The van der Waals surface area contributed by atoms with Gasteiger partial charge in [0.2, 0.25) is 5.88 Å². The summed E-state index contributed by atoms with van der Waals surface area (Å²) in [5.74, 6) is 0.968. The summed E-state index contributed by atoms with van der Waals surface area (Å²) in [6.07, 6.45) is 7.35. The number of rotatable bonds is 12. The third-order valence-corrected chi connectivity index (χ3v) is 9.67. The quantitative estimate of drug-likeness (QED) is 0.238. The van der Waals surface area contributed by atoms with E-state index >= 15 is 0 Å². The number of hydrogen-bond acceptors (Lipinski definition) is 7. The van der Waals surface area contributed by atoms with Crippen molar-refractivity contribution < 1.29 is 23.6 Å². The fourth-order valence-electron chi connectivity index (χ4n) is 6.21. The SMILES string of the molecule is Cc1cccc(N(CC(C)(C)C)C(=O)c2ccc(S(C)=O)cc2N2CCC(COc3cc(C(CC(=O)O)C4CC4)ccn3)CC2)n1. The molecule has 246 valence electrons. The maximum absolute atomic E-state index is 14.3. The number of carboxylic acid groups (broad SMARTS) is 1. The second-order valence-electron chi connectivity index (χ2n) is 13.9. The minimum absolute atomic E-state index is 0.00257. The van der Waals surface area contributed by atoms with Crippen LogP contribution < -0.4 is 14.5 Å². The fraction of sp³-hybridized carbons (Fsp3) is 0.500. The van der Waals surface area contributed by atoms with Crippen molar-refractivity contribution in [3.8, 4) is 5.88 Å². The number of carbonyl (C=O) groups excluding carboxylic acids is 1. The van der Waals surface area contributed by atoms with Crippen LogP contribution in [-0.2, 0) is 15.6 Å². The smallest absolute Gasteiger partial charge is 0.303 e. The first-order chi connectivity index (χ1) is 21.9.